The van der Waals surface area contributed by atoms with E-state index in [0.29, 0.717) is 5.56 Å². The molecule has 5 rings (SSSR count). The highest BCUT2D eigenvalue weighted by atomic mass is 32.2. The van der Waals surface area contributed by atoms with Crippen LogP contribution in [0, 0.1) is 0 Å². The Kier molecular flexibility index (Phi) is 3.82. The Bertz CT molecular complexity index is 1010. The summed E-state index contributed by atoms with van der Waals surface area (Å²) >= 11 is 1.56. The maximum Gasteiger partial charge on any atom is 0.338 e. The summed E-state index contributed by atoms with van der Waals surface area (Å²) in [7, 11) is 0. The van der Waals surface area contributed by atoms with E-state index in [1.165, 1.54) is 0 Å². The Hall–Kier alpha value is -2.53. The molecule has 2 heterocycles. The second kappa shape index (κ2) is 6.32. The van der Waals surface area contributed by atoms with Gasteiger partial charge >= 0.3 is 5.97 Å². The van der Waals surface area contributed by atoms with Gasteiger partial charge in [0.05, 0.1) is 16.8 Å². The second-order valence-electron chi connectivity index (χ2n) is 6.79. The van der Waals surface area contributed by atoms with Crippen molar-refractivity contribution in [2.75, 3.05) is 4.72 Å². The number of hydrogen-bond acceptors (Lipinski definition) is 5. The first-order valence-corrected chi connectivity index (χ1v) is 9.77. The van der Waals surface area contributed by atoms with Gasteiger partial charge in [0.1, 0.15) is 6.10 Å². The van der Waals surface area contributed by atoms with Crippen LogP contribution in [-0.4, -0.2) is 17.1 Å². The van der Waals surface area contributed by atoms with Crippen LogP contribution in [0.1, 0.15) is 36.0 Å². The van der Waals surface area contributed by atoms with Crippen LogP contribution in [0.2, 0.25) is 0 Å². The zero-order valence-electron chi connectivity index (χ0n) is 14.2. The maximum absolute atomic E-state index is 12.6. The van der Waals surface area contributed by atoms with Crippen molar-refractivity contribution >= 4 is 34.5 Å². The lowest BCUT2D eigenvalue weighted by Crippen LogP contribution is -2.15. The van der Waals surface area contributed by atoms with Gasteiger partial charge in [-0.25, -0.2) is 4.79 Å². The van der Waals surface area contributed by atoms with Crippen molar-refractivity contribution in [2.45, 2.75) is 36.7 Å². The van der Waals surface area contributed by atoms with Crippen LogP contribution in [0.5, 0.6) is 0 Å². The van der Waals surface area contributed by atoms with Crippen molar-refractivity contribution in [3.63, 3.8) is 0 Å². The zero-order valence-corrected chi connectivity index (χ0v) is 15.0. The normalized spacial score (nSPS) is 16.0. The molecule has 5 heteroatoms. The lowest BCUT2D eigenvalue weighted by molar-refractivity contribution is 0.0318. The van der Waals surface area contributed by atoms with Crippen molar-refractivity contribution in [3.8, 4) is 11.1 Å². The van der Waals surface area contributed by atoms with Crippen molar-refractivity contribution in [2.24, 2.45) is 0 Å². The fourth-order valence-corrected chi connectivity index (χ4v) is 4.59. The number of ether oxygens (including phenoxy) is 1. The standard InChI is InChI=1S/C21H18N2O2S/c24-21(25-15-5-1-2-6-15)14-8-10-18-17(12-14)16-9-7-13-4-3-11-22-19(13)20(16)23-26-18/h3-4,7-12,15,23H,1-2,5-6H2. The third kappa shape index (κ3) is 2.63. The Morgan fingerprint density at radius 3 is 2.88 bits per heavy atom. The minimum Gasteiger partial charge on any atom is -0.459 e. The summed E-state index contributed by atoms with van der Waals surface area (Å²) < 4.78 is 9.08. The van der Waals surface area contributed by atoms with Crippen LogP contribution in [-0.2, 0) is 4.74 Å². The number of esters is 1. The van der Waals surface area contributed by atoms with Crippen LogP contribution < -0.4 is 4.72 Å². The van der Waals surface area contributed by atoms with E-state index in [0.717, 1.165) is 58.3 Å². The van der Waals surface area contributed by atoms with E-state index in [1.54, 1.807) is 18.1 Å². The summed E-state index contributed by atoms with van der Waals surface area (Å²) in [5.74, 6) is -0.219. The van der Waals surface area contributed by atoms with Gasteiger partial charge in [0.25, 0.3) is 0 Å². The number of fused-ring (bicyclic) bond motifs is 5. The third-order valence-electron chi connectivity index (χ3n) is 5.12. The molecule has 1 aromatic heterocycles. The minimum absolute atomic E-state index is 0.0787. The molecule has 0 saturated heterocycles. The fraction of sp³-hybridized carbons (Fsp3) is 0.238. The van der Waals surface area contributed by atoms with E-state index in [1.807, 2.05) is 24.3 Å². The van der Waals surface area contributed by atoms with Crippen molar-refractivity contribution in [1.29, 1.82) is 0 Å². The highest BCUT2D eigenvalue weighted by Gasteiger charge is 2.23. The summed E-state index contributed by atoms with van der Waals surface area (Å²) in [6, 6.07) is 14.0. The number of benzene rings is 2. The van der Waals surface area contributed by atoms with Crippen LogP contribution in [0.3, 0.4) is 0 Å². The minimum atomic E-state index is -0.219. The fourth-order valence-electron chi connectivity index (χ4n) is 3.76. The molecule has 0 amide bonds. The molecule has 0 radical (unpaired) electrons. The molecule has 3 aromatic rings. The molecule has 26 heavy (non-hydrogen) atoms. The van der Waals surface area contributed by atoms with Gasteiger partial charge in [-0.3, -0.25) is 4.98 Å². The molecule has 0 atom stereocenters. The van der Waals surface area contributed by atoms with E-state index in [9.17, 15) is 4.79 Å². The predicted molar refractivity (Wildman–Crippen MR) is 104 cm³/mol. The van der Waals surface area contributed by atoms with Gasteiger partial charge in [0, 0.05) is 27.6 Å². The Labute approximate surface area is 156 Å². The molecule has 0 unspecified atom stereocenters. The molecule has 2 aliphatic rings. The molecule has 1 N–H and O–H groups in total. The number of nitrogens with one attached hydrogen (secondary N) is 1. The van der Waals surface area contributed by atoms with Crippen LogP contribution in [0.25, 0.3) is 22.0 Å². The molecule has 0 spiro atoms. The number of anilines is 1. The van der Waals surface area contributed by atoms with Gasteiger partial charge in [-0.05, 0) is 61.9 Å². The van der Waals surface area contributed by atoms with E-state index < -0.39 is 0 Å². The molecule has 1 aliphatic carbocycles. The molecule has 1 aliphatic heterocycles. The first-order valence-electron chi connectivity index (χ1n) is 8.95. The Morgan fingerprint density at radius 1 is 1.12 bits per heavy atom. The predicted octanol–water partition coefficient (Wildman–Crippen LogP) is 5.43. The quantitative estimate of drug-likeness (QED) is 0.486. The number of carbonyl (C=O) groups is 1. The first kappa shape index (κ1) is 15.7. The lowest BCUT2D eigenvalue weighted by atomic mass is 9.99. The third-order valence-corrected chi connectivity index (χ3v) is 6.00. The lowest BCUT2D eigenvalue weighted by Gasteiger charge is -2.22. The number of hydrogen-bond donors (Lipinski definition) is 1. The van der Waals surface area contributed by atoms with Gasteiger partial charge in [-0.2, -0.15) is 0 Å². The monoisotopic (exact) mass is 362 g/mol. The molecular formula is C21H18N2O2S. The molecule has 1 fully saturated rings. The molecular weight excluding hydrogens is 344 g/mol. The highest BCUT2D eigenvalue weighted by molar-refractivity contribution is 8.00. The van der Waals surface area contributed by atoms with E-state index in [4.69, 9.17) is 4.74 Å². The number of rotatable bonds is 2. The SMILES string of the molecule is O=C(OC1CCCC1)c1ccc2c(c1)-c1ccc3cccnc3c1NS2. The van der Waals surface area contributed by atoms with Crippen molar-refractivity contribution in [3.05, 3.63) is 54.2 Å². The number of aromatic nitrogens is 1. The molecule has 0 bridgehead atoms. The van der Waals surface area contributed by atoms with Gasteiger partial charge in [-0.15, -0.1) is 0 Å². The van der Waals surface area contributed by atoms with Crippen LogP contribution in [0.4, 0.5) is 5.69 Å². The van der Waals surface area contributed by atoms with Gasteiger partial charge in [0.2, 0.25) is 0 Å². The summed E-state index contributed by atoms with van der Waals surface area (Å²) in [6.45, 7) is 0. The summed E-state index contributed by atoms with van der Waals surface area (Å²) in [5, 5.41) is 1.10. The van der Waals surface area contributed by atoms with Gasteiger partial charge in [0.15, 0.2) is 0 Å². The average Bonchev–Trinajstić information content (AvgIpc) is 3.20. The van der Waals surface area contributed by atoms with Gasteiger partial charge in [-0.1, -0.05) is 18.2 Å². The van der Waals surface area contributed by atoms with Crippen LogP contribution >= 0.6 is 11.9 Å². The summed E-state index contributed by atoms with van der Waals surface area (Å²) in [6.07, 6.45) is 6.15. The average molecular weight is 362 g/mol. The molecule has 2 aromatic carbocycles. The smallest absolute Gasteiger partial charge is 0.338 e. The Balaban J connectivity index is 1.55. The highest BCUT2D eigenvalue weighted by Crippen LogP contribution is 2.45. The first-order chi connectivity index (χ1) is 12.8. The topological polar surface area (TPSA) is 51.2 Å². The van der Waals surface area contributed by atoms with E-state index in [-0.39, 0.29) is 12.1 Å². The van der Waals surface area contributed by atoms with Gasteiger partial charge < -0.3 is 9.46 Å². The van der Waals surface area contributed by atoms with E-state index in [2.05, 4.69) is 27.9 Å². The number of nitrogens with zero attached hydrogens (tertiary/aromatic N) is 1. The molecule has 1 saturated carbocycles. The molecule has 130 valence electrons. The number of pyridine rings is 1. The Morgan fingerprint density at radius 2 is 2.00 bits per heavy atom. The second-order valence-corrected chi connectivity index (χ2v) is 7.64. The summed E-state index contributed by atoms with van der Waals surface area (Å²) in [5.41, 5.74) is 4.69. The maximum atomic E-state index is 12.6. The largest absolute Gasteiger partial charge is 0.459 e. The van der Waals surface area contributed by atoms with Crippen molar-refractivity contribution < 1.29 is 9.53 Å². The van der Waals surface area contributed by atoms with Crippen molar-refractivity contribution in [1.82, 2.24) is 4.98 Å². The zero-order chi connectivity index (χ0) is 17.5. The summed E-state index contributed by atoms with van der Waals surface area (Å²) in [4.78, 5) is 18.2. The molecule has 4 nitrogen and oxygen atoms in total. The van der Waals surface area contributed by atoms with E-state index >= 15 is 0 Å². The number of carbonyl (C=O) groups excluding carboxylic acids is 1. The van der Waals surface area contributed by atoms with Crippen LogP contribution in [0.15, 0.2) is 53.6 Å².